The number of rotatable bonds is 3. The van der Waals surface area contributed by atoms with E-state index >= 15 is 0 Å². The fourth-order valence-electron chi connectivity index (χ4n) is 3.18. The van der Waals surface area contributed by atoms with Gasteiger partial charge in [0.15, 0.2) is 4.77 Å². The van der Waals surface area contributed by atoms with Crippen molar-refractivity contribution in [1.82, 2.24) is 9.55 Å². The van der Waals surface area contributed by atoms with E-state index < -0.39 is 5.82 Å². The Morgan fingerprint density at radius 1 is 1.42 bits per heavy atom. The van der Waals surface area contributed by atoms with Crippen molar-refractivity contribution in [3.8, 4) is 0 Å². The van der Waals surface area contributed by atoms with E-state index in [0.29, 0.717) is 10.2 Å². The van der Waals surface area contributed by atoms with Crippen molar-refractivity contribution in [3.63, 3.8) is 0 Å². The van der Waals surface area contributed by atoms with Gasteiger partial charge in [-0.25, -0.2) is 4.39 Å². The van der Waals surface area contributed by atoms with Crippen LogP contribution in [0.15, 0.2) is 12.1 Å². The number of hydrogen-bond donors (Lipinski definition) is 1. The van der Waals surface area contributed by atoms with Gasteiger partial charge in [-0.05, 0) is 55.3 Å². The molecule has 0 spiro atoms. The first-order valence-corrected chi connectivity index (χ1v) is 7.45. The van der Waals surface area contributed by atoms with Crippen molar-refractivity contribution >= 4 is 34.9 Å². The molecule has 4 rings (SSSR count). The lowest BCUT2D eigenvalue weighted by Gasteiger charge is -2.15. The number of nitrogens with one attached hydrogen (secondary N) is 1. The number of fused-ring (bicyclic) bond motifs is 1. The van der Waals surface area contributed by atoms with Crippen LogP contribution < -0.4 is 0 Å². The lowest BCUT2D eigenvalue weighted by Crippen LogP contribution is -2.13. The number of H-pyrrole nitrogens is 1. The van der Waals surface area contributed by atoms with Crippen LogP contribution in [0.25, 0.3) is 11.0 Å². The lowest BCUT2D eigenvalue weighted by molar-refractivity contribution is 0.373. The van der Waals surface area contributed by atoms with Crippen LogP contribution in [0.3, 0.4) is 0 Å². The zero-order valence-corrected chi connectivity index (χ0v) is 12.0. The van der Waals surface area contributed by atoms with Crippen LogP contribution in [-0.4, -0.2) is 9.55 Å². The average molecular weight is 297 g/mol. The molecule has 0 amide bonds. The Morgan fingerprint density at radius 3 is 2.79 bits per heavy atom. The zero-order valence-electron chi connectivity index (χ0n) is 10.4. The number of aromatic amines is 1. The predicted molar refractivity (Wildman–Crippen MR) is 76.5 cm³/mol. The summed E-state index contributed by atoms with van der Waals surface area (Å²) >= 11 is 11.3. The maximum atomic E-state index is 13.5. The third-order valence-electron chi connectivity index (χ3n) is 4.62. The van der Waals surface area contributed by atoms with E-state index in [0.717, 1.165) is 23.5 Å². The standard InChI is InChI=1S/C14H14ClFN2S/c15-9-5-12-11(6-10(9)16)17-13(19)18(12)7-14(3-4-14)8-1-2-8/h5-6,8H,1-4,7H2,(H,17,19). The van der Waals surface area contributed by atoms with Crippen LogP contribution in [0.4, 0.5) is 4.39 Å². The van der Waals surface area contributed by atoms with Gasteiger partial charge >= 0.3 is 0 Å². The summed E-state index contributed by atoms with van der Waals surface area (Å²) in [4.78, 5) is 3.08. The van der Waals surface area contributed by atoms with Crippen LogP contribution in [0.5, 0.6) is 0 Å². The summed E-state index contributed by atoms with van der Waals surface area (Å²) in [6, 6.07) is 3.11. The zero-order chi connectivity index (χ0) is 13.2. The molecule has 0 saturated heterocycles. The van der Waals surface area contributed by atoms with E-state index in [1.807, 2.05) is 0 Å². The maximum Gasteiger partial charge on any atom is 0.178 e. The first kappa shape index (κ1) is 11.9. The number of nitrogens with zero attached hydrogens (tertiary/aromatic N) is 1. The van der Waals surface area contributed by atoms with E-state index in [-0.39, 0.29) is 5.02 Å². The molecule has 0 bridgehead atoms. The Kier molecular flexibility index (Phi) is 2.40. The van der Waals surface area contributed by atoms with Crippen molar-refractivity contribution in [2.75, 3.05) is 0 Å². The Labute approximate surface area is 120 Å². The molecule has 0 atom stereocenters. The van der Waals surface area contributed by atoms with Gasteiger partial charge in [-0.1, -0.05) is 11.6 Å². The summed E-state index contributed by atoms with van der Waals surface area (Å²) in [5.41, 5.74) is 2.11. The van der Waals surface area contributed by atoms with Gasteiger partial charge in [-0.2, -0.15) is 0 Å². The molecule has 100 valence electrons. The van der Waals surface area contributed by atoms with E-state index in [4.69, 9.17) is 23.8 Å². The highest BCUT2D eigenvalue weighted by Crippen LogP contribution is 2.62. The van der Waals surface area contributed by atoms with Crippen molar-refractivity contribution < 1.29 is 4.39 Å². The summed E-state index contributed by atoms with van der Waals surface area (Å²) in [5, 5.41) is 0.159. The Morgan fingerprint density at radius 2 is 2.16 bits per heavy atom. The molecule has 2 aliphatic rings. The second-order valence-electron chi connectivity index (χ2n) is 5.94. The first-order valence-electron chi connectivity index (χ1n) is 6.67. The Balaban J connectivity index is 1.82. The molecule has 5 heteroatoms. The summed E-state index contributed by atoms with van der Waals surface area (Å²) in [7, 11) is 0. The molecule has 2 nitrogen and oxygen atoms in total. The van der Waals surface area contributed by atoms with E-state index in [9.17, 15) is 4.39 Å². The van der Waals surface area contributed by atoms with Gasteiger partial charge in [0.25, 0.3) is 0 Å². The third-order valence-corrected chi connectivity index (χ3v) is 5.24. The number of hydrogen-bond acceptors (Lipinski definition) is 1. The molecule has 2 aromatic rings. The van der Waals surface area contributed by atoms with Gasteiger partial charge in [0.2, 0.25) is 0 Å². The van der Waals surface area contributed by atoms with Gasteiger partial charge in [-0.3, -0.25) is 0 Å². The minimum Gasteiger partial charge on any atom is -0.330 e. The Bertz CT molecular complexity index is 725. The summed E-state index contributed by atoms with van der Waals surface area (Å²) in [6.07, 6.45) is 5.29. The molecule has 1 heterocycles. The molecule has 2 saturated carbocycles. The molecule has 0 aliphatic heterocycles. The molecule has 0 unspecified atom stereocenters. The van der Waals surface area contributed by atoms with Gasteiger partial charge in [0.05, 0.1) is 16.1 Å². The number of halogens is 2. The highest BCUT2D eigenvalue weighted by Gasteiger charge is 2.53. The lowest BCUT2D eigenvalue weighted by atomic mass is 10.0. The molecule has 19 heavy (non-hydrogen) atoms. The minimum absolute atomic E-state index is 0.159. The van der Waals surface area contributed by atoms with Gasteiger partial charge in [-0.15, -0.1) is 0 Å². The summed E-state index contributed by atoms with van der Waals surface area (Å²) in [6.45, 7) is 0.943. The fourth-order valence-corrected chi connectivity index (χ4v) is 3.61. The predicted octanol–water partition coefficient (Wildman–Crippen LogP) is 4.68. The number of aromatic nitrogens is 2. The normalized spacial score (nSPS) is 20.9. The SMILES string of the molecule is Fc1cc2[nH]c(=S)n(CC3(C4CC4)CC3)c2cc1Cl. The molecule has 0 radical (unpaired) electrons. The monoisotopic (exact) mass is 296 g/mol. The second-order valence-corrected chi connectivity index (χ2v) is 6.73. The van der Waals surface area contributed by atoms with E-state index in [1.165, 1.54) is 31.7 Å². The molecule has 2 aliphatic carbocycles. The highest BCUT2D eigenvalue weighted by molar-refractivity contribution is 7.71. The van der Waals surface area contributed by atoms with E-state index in [2.05, 4.69) is 9.55 Å². The molecule has 1 aromatic carbocycles. The molecular formula is C14H14ClFN2S. The number of imidazole rings is 1. The molecule has 2 fully saturated rings. The minimum atomic E-state index is -0.402. The van der Waals surface area contributed by atoms with Gasteiger partial charge in [0.1, 0.15) is 5.82 Å². The average Bonchev–Trinajstić information content (AvgIpc) is 3.24. The van der Waals surface area contributed by atoms with Gasteiger partial charge < -0.3 is 9.55 Å². The molecule has 1 aromatic heterocycles. The third kappa shape index (κ3) is 1.84. The second kappa shape index (κ2) is 3.83. The summed E-state index contributed by atoms with van der Waals surface area (Å²) < 4.78 is 16.3. The molecular weight excluding hydrogens is 283 g/mol. The summed E-state index contributed by atoms with van der Waals surface area (Å²) in [5.74, 6) is 0.469. The van der Waals surface area contributed by atoms with Crippen molar-refractivity contribution in [3.05, 3.63) is 27.7 Å². The van der Waals surface area contributed by atoms with E-state index in [1.54, 1.807) is 6.07 Å². The number of benzene rings is 1. The van der Waals surface area contributed by atoms with Crippen LogP contribution in [-0.2, 0) is 6.54 Å². The smallest absolute Gasteiger partial charge is 0.178 e. The van der Waals surface area contributed by atoms with Crippen LogP contribution in [0.1, 0.15) is 25.7 Å². The topological polar surface area (TPSA) is 20.7 Å². The maximum absolute atomic E-state index is 13.5. The largest absolute Gasteiger partial charge is 0.330 e. The van der Waals surface area contributed by atoms with Crippen LogP contribution >= 0.6 is 23.8 Å². The van der Waals surface area contributed by atoms with Gasteiger partial charge in [0, 0.05) is 12.6 Å². The quantitative estimate of drug-likeness (QED) is 0.816. The van der Waals surface area contributed by atoms with Crippen molar-refractivity contribution in [2.45, 2.75) is 32.2 Å². The first-order chi connectivity index (χ1) is 9.09. The molecule has 1 N–H and O–H groups in total. The van der Waals surface area contributed by atoms with Crippen LogP contribution in [0.2, 0.25) is 5.02 Å². The highest BCUT2D eigenvalue weighted by atomic mass is 35.5. The van der Waals surface area contributed by atoms with Crippen molar-refractivity contribution in [2.24, 2.45) is 11.3 Å². The van der Waals surface area contributed by atoms with Crippen molar-refractivity contribution in [1.29, 1.82) is 0 Å². The van der Waals surface area contributed by atoms with Crippen LogP contribution in [0, 0.1) is 21.9 Å². The Hall–Kier alpha value is -0.870. The fraction of sp³-hybridized carbons (Fsp3) is 0.500.